The van der Waals surface area contributed by atoms with Gasteiger partial charge in [-0.2, -0.15) is 0 Å². The Morgan fingerprint density at radius 1 is 1.59 bits per heavy atom. The number of hydrogen-bond acceptors (Lipinski definition) is 5. The molecule has 6 nitrogen and oxygen atoms in total. The SMILES string of the molecule is C=[N+]([I-])CCCOC(=O)C1(C)COC(=O)OC1. The first-order chi connectivity index (χ1) is 7.94. The topological polar surface area (TPSA) is 64.8 Å². The van der Waals surface area contributed by atoms with Crippen LogP contribution < -0.4 is 22.9 Å². The lowest BCUT2D eigenvalue weighted by molar-refractivity contribution is -1.05. The highest BCUT2D eigenvalue weighted by molar-refractivity contribution is 5.78. The van der Waals surface area contributed by atoms with E-state index in [0.717, 1.165) is 6.54 Å². The molecule has 1 heterocycles. The standard InChI is InChI=1S/C10H15INO5/c1-10(6-16-9(14)17-7-10)8(13)15-5-3-4-12(2)11/h2-7H2,1H3. The van der Waals surface area contributed by atoms with Gasteiger partial charge in [0.1, 0.15) is 31.9 Å². The molecule has 0 aromatic carbocycles. The predicted molar refractivity (Wildman–Crippen MR) is 53.2 cm³/mol. The van der Waals surface area contributed by atoms with Crippen molar-refractivity contribution in [2.45, 2.75) is 13.3 Å². The Bertz CT molecular complexity index is 321. The predicted octanol–water partition coefficient (Wildman–Crippen LogP) is -2.73. The van der Waals surface area contributed by atoms with Gasteiger partial charge in [0.15, 0.2) is 0 Å². The summed E-state index contributed by atoms with van der Waals surface area (Å²) in [5.41, 5.74) is -0.900. The lowest BCUT2D eigenvalue weighted by Gasteiger charge is -2.29. The van der Waals surface area contributed by atoms with E-state index < -0.39 is 17.5 Å². The minimum Gasteiger partial charge on any atom is -0.465 e. The van der Waals surface area contributed by atoms with E-state index in [4.69, 9.17) is 4.74 Å². The average molecular weight is 356 g/mol. The van der Waals surface area contributed by atoms with E-state index in [2.05, 4.69) is 39.1 Å². The van der Waals surface area contributed by atoms with E-state index in [1.54, 1.807) is 9.71 Å². The molecule has 0 aromatic heterocycles. The fraction of sp³-hybridized carbons (Fsp3) is 0.700. The number of rotatable bonds is 5. The van der Waals surface area contributed by atoms with Crippen molar-refractivity contribution in [3.8, 4) is 0 Å². The minimum absolute atomic E-state index is 0.00158. The van der Waals surface area contributed by atoms with E-state index in [1.165, 1.54) is 0 Å². The monoisotopic (exact) mass is 356 g/mol. The lowest BCUT2D eigenvalue weighted by Crippen LogP contribution is -3.39. The van der Waals surface area contributed by atoms with Crippen molar-refractivity contribution in [1.82, 2.24) is 0 Å². The molecule has 1 aliphatic rings. The Hall–Kier alpha value is -0.860. The minimum atomic E-state index is -0.900. The fourth-order valence-electron chi connectivity index (χ4n) is 1.21. The normalized spacial score (nSPS) is 17.9. The van der Waals surface area contributed by atoms with Crippen LogP contribution in [0.2, 0.25) is 0 Å². The molecule has 1 saturated heterocycles. The third-order valence-electron chi connectivity index (χ3n) is 2.29. The number of ether oxygens (including phenoxy) is 3. The Labute approximate surface area is 113 Å². The van der Waals surface area contributed by atoms with E-state index >= 15 is 0 Å². The number of carbonyl (C=O) groups is 2. The average Bonchev–Trinajstić information content (AvgIpc) is 2.28. The summed E-state index contributed by atoms with van der Waals surface area (Å²) >= 11 is 2.05. The summed E-state index contributed by atoms with van der Waals surface area (Å²) in [6.07, 6.45) is -0.0394. The first kappa shape index (κ1) is 14.2. The summed E-state index contributed by atoms with van der Waals surface area (Å²) in [5.74, 6) is -0.408. The molecule has 0 N–H and O–H groups in total. The first-order valence-electron chi connectivity index (χ1n) is 5.15. The van der Waals surface area contributed by atoms with Crippen LogP contribution in [-0.2, 0) is 19.0 Å². The molecule has 0 amide bonds. The quantitative estimate of drug-likeness (QED) is 0.176. The number of carbonyl (C=O) groups excluding carboxylic acids is 2. The van der Waals surface area contributed by atoms with Gasteiger partial charge in [-0.15, -0.1) is 0 Å². The van der Waals surface area contributed by atoms with Crippen LogP contribution in [-0.4, -0.2) is 48.0 Å². The Balaban J connectivity index is 2.31. The smallest absolute Gasteiger partial charge is 0.465 e. The summed E-state index contributed by atoms with van der Waals surface area (Å²) < 4.78 is 16.2. The van der Waals surface area contributed by atoms with Gasteiger partial charge in [0.05, 0.1) is 6.61 Å². The molecule has 17 heavy (non-hydrogen) atoms. The van der Waals surface area contributed by atoms with Crippen LogP contribution in [0.15, 0.2) is 0 Å². The molecule has 0 saturated carbocycles. The van der Waals surface area contributed by atoms with Crippen LogP contribution in [0.5, 0.6) is 0 Å². The van der Waals surface area contributed by atoms with E-state index in [0.29, 0.717) is 13.0 Å². The highest BCUT2D eigenvalue weighted by atomic mass is 127. The maximum atomic E-state index is 11.7. The Kier molecular flexibility index (Phi) is 5.16. The molecule has 0 spiro atoms. The maximum absolute atomic E-state index is 11.7. The first-order valence-corrected chi connectivity index (χ1v) is 6.11. The second-order valence-electron chi connectivity index (χ2n) is 4.06. The third kappa shape index (κ3) is 4.49. The molecule has 1 radical (unpaired) electrons. The molecule has 1 aliphatic heterocycles. The summed E-state index contributed by atoms with van der Waals surface area (Å²) in [5, 5.41) is 0. The van der Waals surface area contributed by atoms with Crippen LogP contribution in [0.25, 0.3) is 0 Å². The van der Waals surface area contributed by atoms with Crippen LogP contribution >= 0.6 is 0 Å². The zero-order valence-corrected chi connectivity index (χ0v) is 11.8. The van der Waals surface area contributed by atoms with Gasteiger partial charge < -0.3 is 39.9 Å². The Morgan fingerprint density at radius 2 is 2.18 bits per heavy atom. The molecule has 0 bridgehead atoms. The van der Waals surface area contributed by atoms with Crippen molar-refractivity contribution in [3.63, 3.8) is 0 Å². The molecule has 1 fully saturated rings. The highest BCUT2D eigenvalue weighted by Gasteiger charge is 2.41. The molecule has 0 aromatic rings. The van der Waals surface area contributed by atoms with Gasteiger partial charge in [-0.05, 0) is 6.92 Å². The zero-order valence-electron chi connectivity index (χ0n) is 9.61. The van der Waals surface area contributed by atoms with Crippen LogP contribution in [0.4, 0.5) is 4.79 Å². The van der Waals surface area contributed by atoms with Crippen molar-refractivity contribution in [1.29, 1.82) is 0 Å². The lowest BCUT2D eigenvalue weighted by atomic mass is 9.93. The molecule has 7 heteroatoms. The molecular weight excluding hydrogens is 341 g/mol. The molecule has 0 unspecified atom stereocenters. The van der Waals surface area contributed by atoms with Crippen molar-refractivity contribution >= 4 is 18.8 Å². The van der Waals surface area contributed by atoms with Crippen molar-refractivity contribution < 1.29 is 49.5 Å². The maximum Gasteiger partial charge on any atom is 0.508 e. The summed E-state index contributed by atoms with van der Waals surface area (Å²) in [6.45, 7) is 6.36. The zero-order chi connectivity index (χ0) is 12.9. The van der Waals surface area contributed by atoms with E-state index in [9.17, 15) is 9.59 Å². The van der Waals surface area contributed by atoms with Crippen molar-refractivity contribution in [3.05, 3.63) is 0 Å². The fourth-order valence-corrected chi connectivity index (χ4v) is 1.55. The van der Waals surface area contributed by atoms with Gasteiger partial charge in [0.25, 0.3) is 0 Å². The summed E-state index contributed by atoms with van der Waals surface area (Å²) in [6, 6.07) is 0. The summed E-state index contributed by atoms with van der Waals surface area (Å²) in [4.78, 5) is 22.4. The van der Waals surface area contributed by atoms with Gasteiger partial charge in [0, 0.05) is 6.42 Å². The second kappa shape index (κ2) is 6.18. The van der Waals surface area contributed by atoms with Gasteiger partial charge >= 0.3 is 12.1 Å². The molecule has 0 atom stereocenters. The van der Waals surface area contributed by atoms with Crippen molar-refractivity contribution in [2.75, 3.05) is 26.4 Å². The van der Waals surface area contributed by atoms with Crippen LogP contribution in [0, 0.1) is 5.41 Å². The van der Waals surface area contributed by atoms with Gasteiger partial charge in [-0.3, -0.25) is 4.79 Å². The van der Waals surface area contributed by atoms with Crippen LogP contribution in [0.1, 0.15) is 13.3 Å². The number of nitrogens with zero attached hydrogens (tertiary/aromatic N) is 1. The number of hydrogen-bond donors (Lipinski definition) is 0. The Morgan fingerprint density at radius 3 is 2.71 bits per heavy atom. The van der Waals surface area contributed by atoms with Crippen molar-refractivity contribution in [2.24, 2.45) is 5.41 Å². The van der Waals surface area contributed by atoms with E-state index in [1.807, 2.05) is 0 Å². The number of esters is 1. The van der Waals surface area contributed by atoms with E-state index in [-0.39, 0.29) is 13.2 Å². The molecule has 0 aliphatic carbocycles. The second-order valence-corrected chi connectivity index (χ2v) is 5.43. The summed E-state index contributed by atoms with van der Waals surface area (Å²) in [7, 11) is 0. The third-order valence-corrected chi connectivity index (χ3v) is 2.77. The number of halogens is 1. The number of cyclic esters (lactones) is 2. The molecular formula is C10H15INO5. The van der Waals surface area contributed by atoms with Crippen LogP contribution in [0.3, 0.4) is 0 Å². The van der Waals surface area contributed by atoms with Gasteiger partial charge in [-0.25, -0.2) is 4.79 Å². The molecule has 97 valence electrons. The van der Waals surface area contributed by atoms with Gasteiger partial charge in [0.2, 0.25) is 0 Å². The largest absolute Gasteiger partial charge is 0.508 e. The molecule has 1 rings (SSSR count). The highest BCUT2D eigenvalue weighted by Crippen LogP contribution is 2.23. The van der Waals surface area contributed by atoms with Gasteiger partial charge in [-0.1, -0.05) is 0 Å².